The van der Waals surface area contributed by atoms with E-state index in [1.165, 1.54) is 31.2 Å². The molecule has 4 aromatic carbocycles. The van der Waals surface area contributed by atoms with Gasteiger partial charge in [-0.1, -0.05) is 94.9 Å². The van der Waals surface area contributed by atoms with Gasteiger partial charge in [-0.2, -0.15) is 22.9 Å². The fraction of sp³-hybridized carbons (Fsp3) is 0.158. The van der Waals surface area contributed by atoms with Crippen LogP contribution in [-0.4, -0.2) is 70.4 Å². The van der Waals surface area contributed by atoms with Crippen molar-refractivity contribution >= 4 is 78.4 Å². The van der Waals surface area contributed by atoms with Crippen molar-refractivity contribution in [2.45, 2.75) is 12.5 Å². The smallest absolute Gasteiger partial charge is 0.308 e. The molecule has 0 aliphatic carbocycles. The number of aliphatic hydroxyl groups is 1. The fourth-order valence-corrected chi connectivity index (χ4v) is 8.39. The van der Waals surface area contributed by atoms with E-state index in [0.717, 1.165) is 53.0 Å². The zero-order valence-electron chi connectivity index (χ0n) is 29.8. The molecule has 1 unspecified atom stereocenters. The number of hydrogen-bond donors (Lipinski definition) is 2. The number of aryl methyl sites for hydroxylation is 2. The summed E-state index contributed by atoms with van der Waals surface area (Å²) >= 11 is 24.8. The van der Waals surface area contributed by atoms with Crippen molar-refractivity contribution in [1.82, 2.24) is 42.8 Å². The highest BCUT2D eigenvalue weighted by Crippen LogP contribution is 2.38. The summed E-state index contributed by atoms with van der Waals surface area (Å²) in [4.78, 5) is 11.6. The molecule has 12 nitrogen and oxygen atoms in total. The summed E-state index contributed by atoms with van der Waals surface area (Å²) < 4.78 is 30.7. The summed E-state index contributed by atoms with van der Waals surface area (Å²) in [6, 6.07) is 22.4. The summed E-state index contributed by atoms with van der Waals surface area (Å²) in [5.74, 6) is 0.878. The zero-order valence-corrected chi connectivity index (χ0v) is 33.6. The van der Waals surface area contributed by atoms with Gasteiger partial charge in [0.15, 0.2) is 11.9 Å². The minimum atomic E-state index is -3.86. The normalized spacial score (nSPS) is 12.4. The van der Waals surface area contributed by atoms with E-state index < -0.39 is 16.3 Å². The standard InChI is InChI=1S/C20H19Cl2N5O3S.C18H14Cl2N4/c1-25(2)31(29,30)27-10-9-23-20(27)19(28)18-15-6-4-5-14(17(15)24-26(18)3)13-8-7-12(21)11-16(13)22;1-24-16(10-17-21-7-8-22-17)14-4-2-3-13(18(14)23-24)12-6-5-11(19)9-15(12)20/h4-11,19,28H,1-3H3;2-9H,10H2,1H3,(H,21,22). The predicted molar refractivity (Wildman–Crippen MR) is 218 cm³/mol. The number of hydrogen-bond acceptors (Lipinski definition) is 7. The second-order valence-corrected chi connectivity index (χ2v) is 16.4. The van der Waals surface area contributed by atoms with Crippen molar-refractivity contribution in [3.8, 4) is 22.3 Å². The third-order valence-electron chi connectivity index (χ3n) is 9.08. The number of rotatable bonds is 8. The van der Waals surface area contributed by atoms with Gasteiger partial charge < -0.3 is 10.1 Å². The molecule has 8 aromatic rings. The molecule has 17 heteroatoms. The van der Waals surface area contributed by atoms with Crippen molar-refractivity contribution in [3.63, 3.8) is 0 Å². The first-order valence-corrected chi connectivity index (χ1v) is 19.6. The Hall–Kier alpha value is -4.73. The Bertz CT molecular complexity index is 2800. The second-order valence-electron chi connectivity index (χ2n) is 12.7. The number of benzene rings is 4. The molecule has 55 heavy (non-hydrogen) atoms. The molecule has 2 N–H and O–H groups in total. The third-order valence-corrected chi connectivity index (χ3v) is 11.9. The van der Waals surface area contributed by atoms with Crippen molar-refractivity contribution < 1.29 is 13.5 Å². The number of aromatic nitrogens is 8. The molecule has 282 valence electrons. The summed E-state index contributed by atoms with van der Waals surface area (Å²) in [5.41, 5.74) is 6.47. The molecular weight excluding hydrogens is 804 g/mol. The lowest BCUT2D eigenvalue weighted by atomic mass is 10.0. The first kappa shape index (κ1) is 38.5. The van der Waals surface area contributed by atoms with E-state index in [9.17, 15) is 13.5 Å². The van der Waals surface area contributed by atoms with E-state index in [1.807, 2.05) is 60.4 Å². The van der Waals surface area contributed by atoms with Crippen LogP contribution in [0.25, 0.3) is 44.1 Å². The Kier molecular flexibility index (Phi) is 10.8. The molecule has 4 aromatic heterocycles. The molecule has 4 heterocycles. The average molecular weight is 838 g/mol. The maximum Gasteiger partial charge on any atom is 0.308 e. The van der Waals surface area contributed by atoms with Crippen LogP contribution in [0.4, 0.5) is 0 Å². The van der Waals surface area contributed by atoms with Gasteiger partial charge >= 0.3 is 10.2 Å². The second kappa shape index (κ2) is 15.4. The minimum Gasteiger partial charge on any atom is -0.379 e. The number of nitrogens with one attached hydrogen (secondary N) is 1. The Morgan fingerprint density at radius 2 is 1.35 bits per heavy atom. The van der Waals surface area contributed by atoms with E-state index in [0.29, 0.717) is 43.1 Å². The molecule has 0 fully saturated rings. The molecule has 0 aliphatic heterocycles. The molecule has 8 rings (SSSR count). The van der Waals surface area contributed by atoms with Crippen molar-refractivity contribution in [3.05, 3.63) is 141 Å². The van der Waals surface area contributed by atoms with Crippen LogP contribution in [0, 0.1) is 0 Å². The lowest BCUT2D eigenvalue weighted by molar-refractivity contribution is 0.200. The van der Waals surface area contributed by atoms with Gasteiger partial charge in [-0.15, -0.1) is 0 Å². The van der Waals surface area contributed by atoms with Gasteiger partial charge in [0.25, 0.3) is 0 Å². The van der Waals surface area contributed by atoms with Gasteiger partial charge in [-0.05, 0) is 24.3 Å². The molecule has 0 aliphatic rings. The topological polar surface area (TPSA) is 140 Å². The van der Waals surface area contributed by atoms with E-state index >= 15 is 0 Å². The first-order valence-electron chi connectivity index (χ1n) is 16.7. The van der Waals surface area contributed by atoms with Crippen LogP contribution in [0.3, 0.4) is 0 Å². The van der Waals surface area contributed by atoms with Crippen molar-refractivity contribution in [2.24, 2.45) is 14.1 Å². The van der Waals surface area contributed by atoms with Crippen molar-refractivity contribution in [1.29, 1.82) is 0 Å². The highest BCUT2D eigenvalue weighted by atomic mass is 35.5. The van der Waals surface area contributed by atoms with E-state index in [2.05, 4.69) is 26.1 Å². The monoisotopic (exact) mass is 835 g/mol. The van der Waals surface area contributed by atoms with Gasteiger partial charge in [0.05, 0.1) is 11.4 Å². The molecule has 0 saturated heterocycles. The summed E-state index contributed by atoms with van der Waals surface area (Å²) in [5, 5.41) is 24.4. The van der Waals surface area contributed by atoms with Crippen LogP contribution in [-0.2, 0) is 30.7 Å². The molecule has 0 bridgehead atoms. The first-order chi connectivity index (χ1) is 26.3. The van der Waals surface area contributed by atoms with E-state index in [-0.39, 0.29) is 5.82 Å². The maximum atomic E-state index is 12.6. The average Bonchev–Trinajstić information content (AvgIpc) is 3.95. The SMILES string of the molecule is CN(C)S(=O)(=O)n1ccnc1C(O)c1c2cccc(-c3ccc(Cl)cc3Cl)c2nn1C.Cn1nc2c(-c3ccc(Cl)cc3Cl)cccc2c1Cc1ncc[nH]1. The lowest BCUT2D eigenvalue weighted by Gasteiger charge is -2.17. The van der Waals surface area contributed by atoms with Crippen LogP contribution in [0.5, 0.6) is 0 Å². The Labute approximate surface area is 336 Å². The molecular formula is C38H33Cl4N9O3S. The quantitative estimate of drug-likeness (QED) is 0.157. The minimum absolute atomic E-state index is 0.0338. The fourth-order valence-electron chi connectivity index (χ4n) is 6.43. The summed E-state index contributed by atoms with van der Waals surface area (Å²) in [6.07, 6.45) is 5.57. The van der Waals surface area contributed by atoms with Crippen LogP contribution in [0.2, 0.25) is 20.1 Å². The summed E-state index contributed by atoms with van der Waals surface area (Å²) in [7, 11) is 2.59. The molecule has 0 saturated carbocycles. The van der Waals surface area contributed by atoms with Crippen LogP contribution in [0.1, 0.15) is 29.1 Å². The number of fused-ring (bicyclic) bond motifs is 2. The highest BCUT2D eigenvalue weighted by molar-refractivity contribution is 7.87. The van der Waals surface area contributed by atoms with Gasteiger partial charge in [0.1, 0.15) is 16.9 Å². The third kappa shape index (κ3) is 7.36. The maximum absolute atomic E-state index is 12.6. The van der Waals surface area contributed by atoms with Gasteiger partial charge in [-0.3, -0.25) is 9.36 Å². The molecule has 1 atom stereocenters. The molecule has 0 amide bonds. The number of aromatic amines is 1. The highest BCUT2D eigenvalue weighted by Gasteiger charge is 2.29. The number of nitrogens with zero attached hydrogens (tertiary/aromatic N) is 8. The summed E-state index contributed by atoms with van der Waals surface area (Å²) in [6.45, 7) is 0. The van der Waals surface area contributed by atoms with Gasteiger partial charge in [0.2, 0.25) is 0 Å². The number of imidazole rings is 2. The van der Waals surface area contributed by atoms with Crippen LogP contribution < -0.4 is 0 Å². The Balaban J connectivity index is 0.000000174. The molecule has 0 spiro atoms. The molecule has 0 radical (unpaired) electrons. The number of aliphatic hydroxyl groups excluding tert-OH is 1. The Morgan fingerprint density at radius 1 is 0.764 bits per heavy atom. The Morgan fingerprint density at radius 3 is 1.91 bits per heavy atom. The van der Waals surface area contributed by atoms with Gasteiger partial charge in [0, 0.05) is 113 Å². The van der Waals surface area contributed by atoms with E-state index in [4.69, 9.17) is 51.5 Å². The number of H-pyrrole nitrogens is 1. The van der Waals surface area contributed by atoms with Crippen LogP contribution in [0.15, 0.2) is 97.6 Å². The lowest BCUT2D eigenvalue weighted by Crippen LogP contribution is -2.30. The van der Waals surface area contributed by atoms with Crippen molar-refractivity contribution in [2.75, 3.05) is 14.1 Å². The van der Waals surface area contributed by atoms with Crippen LogP contribution >= 0.6 is 46.4 Å². The zero-order chi connectivity index (χ0) is 39.2. The largest absolute Gasteiger partial charge is 0.379 e. The predicted octanol–water partition coefficient (Wildman–Crippen LogP) is 8.34. The van der Waals surface area contributed by atoms with Gasteiger partial charge in [-0.25, -0.2) is 13.9 Å². The van der Waals surface area contributed by atoms with E-state index in [1.54, 1.807) is 37.5 Å². The number of halogens is 4.